The van der Waals surface area contributed by atoms with Gasteiger partial charge in [0.15, 0.2) is 16.6 Å². The summed E-state index contributed by atoms with van der Waals surface area (Å²) in [5.74, 6) is 1.85. The summed E-state index contributed by atoms with van der Waals surface area (Å²) in [7, 11) is 4.06. The van der Waals surface area contributed by atoms with Crippen molar-refractivity contribution in [2.75, 3.05) is 38.9 Å². The standard InChI is InChI=1S/C19H25N3O3S.ClH/c1-21(2)8-9-22(18(23)13-6-4-3-5-7-13)19-20-14-10-15-16(25-12-24-15)11-17(14)26-19;/h10-11,13H,3-9,12H2,1-2H3;1H/p-1. The van der Waals surface area contributed by atoms with E-state index in [0.29, 0.717) is 6.54 Å². The molecular weight excluding hydrogens is 386 g/mol. The topological polar surface area (TPSA) is 54.9 Å². The van der Waals surface area contributed by atoms with Crippen molar-refractivity contribution in [2.45, 2.75) is 32.1 Å². The van der Waals surface area contributed by atoms with Crippen molar-refractivity contribution in [1.29, 1.82) is 0 Å². The molecule has 27 heavy (non-hydrogen) atoms. The Balaban J connectivity index is 0.00000210. The molecule has 0 N–H and O–H groups in total. The van der Waals surface area contributed by atoms with Crippen molar-refractivity contribution in [3.05, 3.63) is 12.1 Å². The second-order valence-electron chi connectivity index (χ2n) is 7.30. The lowest BCUT2D eigenvalue weighted by atomic mass is 9.88. The second-order valence-corrected chi connectivity index (χ2v) is 8.31. The molecule has 0 atom stereocenters. The highest BCUT2D eigenvalue weighted by Gasteiger charge is 2.29. The third-order valence-corrected chi connectivity index (χ3v) is 6.13. The molecule has 8 heteroatoms. The largest absolute Gasteiger partial charge is 1.00 e. The van der Waals surface area contributed by atoms with Crippen LogP contribution in [0.1, 0.15) is 32.1 Å². The number of amides is 1. The van der Waals surface area contributed by atoms with Crippen LogP contribution in [0.2, 0.25) is 0 Å². The molecule has 2 aromatic rings. The van der Waals surface area contributed by atoms with E-state index in [2.05, 4.69) is 4.90 Å². The molecule has 1 fully saturated rings. The van der Waals surface area contributed by atoms with E-state index in [1.807, 2.05) is 31.1 Å². The number of rotatable bonds is 5. The molecule has 0 spiro atoms. The Labute approximate surface area is 169 Å². The van der Waals surface area contributed by atoms with Gasteiger partial charge in [0.2, 0.25) is 12.7 Å². The van der Waals surface area contributed by atoms with Crippen molar-refractivity contribution in [1.82, 2.24) is 9.88 Å². The van der Waals surface area contributed by atoms with Crippen LogP contribution in [0.25, 0.3) is 10.2 Å². The summed E-state index contributed by atoms with van der Waals surface area (Å²) in [6, 6.07) is 3.88. The predicted octanol–water partition coefficient (Wildman–Crippen LogP) is 0.504. The maximum Gasteiger partial charge on any atom is 0.231 e. The first kappa shape index (κ1) is 20.2. The van der Waals surface area contributed by atoms with E-state index in [0.717, 1.165) is 59.1 Å². The third kappa shape index (κ3) is 4.31. The van der Waals surface area contributed by atoms with Gasteiger partial charge >= 0.3 is 0 Å². The molecule has 1 saturated carbocycles. The van der Waals surface area contributed by atoms with Crippen LogP contribution in [0.5, 0.6) is 11.5 Å². The zero-order valence-corrected chi connectivity index (χ0v) is 17.3. The molecule has 2 heterocycles. The first-order chi connectivity index (χ1) is 12.6. The molecule has 0 unspecified atom stereocenters. The minimum atomic E-state index is 0. The fourth-order valence-corrected chi connectivity index (χ4v) is 4.60. The summed E-state index contributed by atoms with van der Waals surface area (Å²) < 4.78 is 11.9. The SMILES string of the molecule is CN(C)CCN(C(=O)C1CCCCC1)c1nc2cc3c(cc2s1)OCO3.[Cl-]. The van der Waals surface area contributed by atoms with Gasteiger partial charge in [0, 0.05) is 31.1 Å². The highest BCUT2D eigenvalue weighted by molar-refractivity contribution is 7.22. The fourth-order valence-electron chi connectivity index (χ4n) is 3.59. The lowest BCUT2D eigenvalue weighted by Gasteiger charge is -2.28. The number of carbonyl (C=O) groups excluding carboxylic acids is 1. The number of hydrogen-bond acceptors (Lipinski definition) is 6. The molecular formula is C19H25ClN3O3S-. The zero-order valence-electron chi connectivity index (χ0n) is 15.7. The van der Waals surface area contributed by atoms with Crippen molar-refractivity contribution >= 4 is 32.6 Å². The summed E-state index contributed by atoms with van der Waals surface area (Å²) >= 11 is 1.56. The molecule has 1 amide bonds. The number of likely N-dealkylation sites (N-methyl/N-ethyl adjacent to an activating group) is 1. The zero-order chi connectivity index (χ0) is 18.1. The van der Waals surface area contributed by atoms with Gasteiger partial charge in [0.25, 0.3) is 0 Å². The Morgan fingerprint density at radius 1 is 1.15 bits per heavy atom. The van der Waals surface area contributed by atoms with E-state index < -0.39 is 0 Å². The van der Waals surface area contributed by atoms with Gasteiger partial charge in [-0.25, -0.2) is 4.98 Å². The molecule has 1 aliphatic carbocycles. The molecule has 4 rings (SSSR count). The molecule has 1 aromatic carbocycles. The molecule has 1 aliphatic heterocycles. The summed E-state index contributed by atoms with van der Waals surface area (Å²) in [5.41, 5.74) is 0.862. The van der Waals surface area contributed by atoms with Gasteiger partial charge in [-0.15, -0.1) is 0 Å². The van der Waals surface area contributed by atoms with Crippen LogP contribution < -0.4 is 26.8 Å². The van der Waals surface area contributed by atoms with Crippen LogP contribution in [-0.2, 0) is 4.79 Å². The average Bonchev–Trinajstić information content (AvgIpc) is 3.25. The number of aromatic nitrogens is 1. The van der Waals surface area contributed by atoms with Gasteiger partial charge in [-0.2, -0.15) is 0 Å². The predicted molar refractivity (Wildman–Crippen MR) is 103 cm³/mol. The molecule has 1 aromatic heterocycles. The third-order valence-electron chi connectivity index (χ3n) is 5.09. The van der Waals surface area contributed by atoms with E-state index >= 15 is 0 Å². The van der Waals surface area contributed by atoms with E-state index in [1.165, 1.54) is 6.42 Å². The van der Waals surface area contributed by atoms with Gasteiger partial charge in [0.05, 0.1) is 10.2 Å². The number of fused-ring (bicyclic) bond motifs is 2. The minimum absolute atomic E-state index is 0. The van der Waals surface area contributed by atoms with Crippen LogP contribution in [0.15, 0.2) is 12.1 Å². The number of hydrogen-bond donors (Lipinski definition) is 0. The van der Waals surface area contributed by atoms with Gasteiger partial charge in [-0.3, -0.25) is 9.69 Å². The highest BCUT2D eigenvalue weighted by atomic mass is 35.5. The van der Waals surface area contributed by atoms with E-state index in [9.17, 15) is 4.79 Å². The smallest absolute Gasteiger partial charge is 0.231 e. The highest BCUT2D eigenvalue weighted by Crippen LogP contribution is 2.40. The Hall–Kier alpha value is -1.57. The number of halogens is 1. The number of benzene rings is 1. The fraction of sp³-hybridized carbons (Fsp3) is 0.579. The van der Waals surface area contributed by atoms with E-state index in [-0.39, 0.29) is 31.0 Å². The quantitative estimate of drug-likeness (QED) is 0.718. The first-order valence-corrected chi connectivity index (χ1v) is 10.1. The van der Waals surface area contributed by atoms with Crippen molar-refractivity contribution in [2.24, 2.45) is 5.92 Å². The summed E-state index contributed by atoms with van der Waals surface area (Å²) in [4.78, 5) is 22.0. The monoisotopic (exact) mass is 410 g/mol. The molecule has 6 nitrogen and oxygen atoms in total. The van der Waals surface area contributed by atoms with Gasteiger partial charge in [-0.05, 0) is 26.9 Å². The van der Waals surface area contributed by atoms with Gasteiger partial charge < -0.3 is 26.8 Å². The lowest BCUT2D eigenvalue weighted by molar-refractivity contribution is -0.123. The Kier molecular flexibility index (Phi) is 6.44. The lowest BCUT2D eigenvalue weighted by Crippen LogP contribution is -3.00. The summed E-state index contributed by atoms with van der Waals surface area (Å²) in [5, 5.41) is 0.779. The van der Waals surface area contributed by atoms with Crippen molar-refractivity contribution < 1.29 is 26.7 Å². The Bertz CT molecular complexity index is 764. The maximum atomic E-state index is 13.2. The number of ether oxygens (including phenoxy) is 2. The Morgan fingerprint density at radius 3 is 2.56 bits per heavy atom. The minimum Gasteiger partial charge on any atom is -1.00 e. The number of thiazole rings is 1. The molecule has 2 aliphatic rings. The Morgan fingerprint density at radius 2 is 1.85 bits per heavy atom. The van der Waals surface area contributed by atoms with Gasteiger partial charge in [0.1, 0.15) is 0 Å². The van der Waals surface area contributed by atoms with Crippen molar-refractivity contribution in [3.63, 3.8) is 0 Å². The number of carbonyl (C=O) groups is 1. The maximum absolute atomic E-state index is 13.2. The van der Waals surface area contributed by atoms with E-state index in [4.69, 9.17) is 14.5 Å². The molecule has 0 bridgehead atoms. The van der Waals surface area contributed by atoms with E-state index in [1.54, 1.807) is 11.3 Å². The normalized spacial score (nSPS) is 16.6. The second kappa shape index (κ2) is 8.63. The summed E-state index contributed by atoms with van der Waals surface area (Å²) in [6.07, 6.45) is 5.54. The molecule has 148 valence electrons. The molecule has 0 radical (unpaired) electrons. The number of anilines is 1. The van der Waals surface area contributed by atoms with Gasteiger partial charge in [-0.1, -0.05) is 30.6 Å². The van der Waals surface area contributed by atoms with Crippen LogP contribution in [0, 0.1) is 5.92 Å². The molecule has 0 saturated heterocycles. The van der Waals surface area contributed by atoms with Crippen LogP contribution in [0.4, 0.5) is 5.13 Å². The van der Waals surface area contributed by atoms with Crippen molar-refractivity contribution in [3.8, 4) is 11.5 Å². The summed E-state index contributed by atoms with van der Waals surface area (Å²) in [6.45, 7) is 1.74. The first-order valence-electron chi connectivity index (χ1n) is 9.28. The van der Waals surface area contributed by atoms with Crippen LogP contribution >= 0.6 is 11.3 Å². The van der Waals surface area contributed by atoms with Crippen LogP contribution in [-0.4, -0.2) is 49.8 Å². The average molecular weight is 411 g/mol. The number of nitrogens with zero attached hydrogens (tertiary/aromatic N) is 3. The van der Waals surface area contributed by atoms with Crippen LogP contribution in [0.3, 0.4) is 0 Å².